The number of methoxy groups -OCH3 is 1. The van der Waals surface area contributed by atoms with Gasteiger partial charge in [0.05, 0.1) is 19.1 Å². The molecular weight excluding hydrogens is 490 g/mol. The van der Waals surface area contributed by atoms with Crippen LogP contribution in [0.1, 0.15) is 32.8 Å². The maximum Gasteiger partial charge on any atom is 0.244 e. The fourth-order valence-corrected chi connectivity index (χ4v) is 4.47. The van der Waals surface area contributed by atoms with E-state index in [4.69, 9.17) is 16.3 Å². The topological polar surface area (TPSA) is 96.0 Å². The van der Waals surface area contributed by atoms with Crippen LogP contribution in [0.25, 0.3) is 0 Å². The van der Waals surface area contributed by atoms with Crippen LogP contribution in [0.3, 0.4) is 0 Å². The van der Waals surface area contributed by atoms with Crippen molar-refractivity contribution in [2.75, 3.05) is 30.8 Å². The summed E-state index contributed by atoms with van der Waals surface area (Å²) in [5.41, 5.74) is 1.10. The summed E-state index contributed by atoms with van der Waals surface area (Å²) >= 11 is 6.00. The molecule has 0 aliphatic carbocycles. The van der Waals surface area contributed by atoms with Gasteiger partial charge in [-0.15, -0.1) is 0 Å². The molecule has 2 rings (SSSR count). The van der Waals surface area contributed by atoms with Crippen LogP contribution < -0.4 is 14.4 Å². The van der Waals surface area contributed by atoms with E-state index in [9.17, 15) is 18.0 Å². The van der Waals surface area contributed by atoms with Crippen LogP contribution in [0.15, 0.2) is 48.5 Å². The monoisotopic (exact) mass is 523 g/mol. The second-order valence-electron chi connectivity index (χ2n) is 8.68. The first-order valence-electron chi connectivity index (χ1n) is 11.4. The number of nitrogens with one attached hydrogen (secondary N) is 1. The van der Waals surface area contributed by atoms with Gasteiger partial charge in [0, 0.05) is 18.1 Å². The highest BCUT2D eigenvalue weighted by atomic mass is 35.5. The number of benzene rings is 2. The molecule has 10 heteroatoms. The van der Waals surface area contributed by atoms with Crippen molar-refractivity contribution in [2.24, 2.45) is 5.92 Å². The van der Waals surface area contributed by atoms with Gasteiger partial charge in [0.1, 0.15) is 18.3 Å². The van der Waals surface area contributed by atoms with Crippen molar-refractivity contribution in [3.63, 3.8) is 0 Å². The minimum atomic E-state index is -3.79. The molecule has 0 heterocycles. The predicted octanol–water partition coefficient (Wildman–Crippen LogP) is 3.69. The number of rotatable bonds is 12. The predicted molar refractivity (Wildman–Crippen MR) is 139 cm³/mol. The number of amides is 2. The first-order chi connectivity index (χ1) is 16.5. The van der Waals surface area contributed by atoms with E-state index in [0.717, 1.165) is 16.1 Å². The number of nitrogens with zero attached hydrogens (tertiary/aromatic N) is 2. The molecule has 0 radical (unpaired) electrons. The van der Waals surface area contributed by atoms with Crippen molar-refractivity contribution in [1.29, 1.82) is 0 Å². The highest BCUT2D eigenvalue weighted by molar-refractivity contribution is 7.92. The molecule has 0 saturated heterocycles. The molecule has 192 valence electrons. The number of halogens is 1. The van der Waals surface area contributed by atoms with Crippen LogP contribution in [-0.2, 0) is 26.2 Å². The van der Waals surface area contributed by atoms with E-state index in [1.807, 2.05) is 20.8 Å². The summed E-state index contributed by atoms with van der Waals surface area (Å²) in [4.78, 5) is 28.1. The van der Waals surface area contributed by atoms with Crippen LogP contribution in [0.4, 0.5) is 5.69 Å². The first kappa shape index (κ1) is 28.5. The van der Waals surface area contributed by atoms with Gasteiger partial charge in [0.15, 0.2) is 0 Å². The minimum Gasteiger partial charge on any atom is -0.497 e. The molecular formula is C25H34ClN3O5S. The van der Waals surface area contributed by atoms with Gasteiger partial charge in [-0.3, -0.25) is 13.9 Å². The number of anilines is 1. The second-order valence-corrected chi connectivity index (χ2v) is 11.0. The van der Waals surface area contributed by atoms with Crippen LogP contribution in [-0.4, -0.2) is 57.6 Å². The smallest absolute Gasteiger partial charge is 0.244 e. The van der Waals surface area contributed by atoms with Crippen molar-refractivity contribution in [3.8, 4) is 5.75 Å². The minimum absolute atomic E-state index is 0.129. The van der Waals surface area contributed by atoms with E-state index in [1.165, 1.54) is 12.0 Å². The van der Waals surface area contributed by atoms with Crippen LogP contribution in [0.2, 0.25) is 5.02 Å². The summed E-state index contributed by atoms with van der Waals surface area (Å²) in [6.45, 7) is 5.93. The molecule has 0 aromatic heterocycles. The van der Waals surface area contributed by atoms with Crippen molar-refractivity contribution in [1.82, 2.24) is 10.2 Å². The third-order valence-corrected chi connectivity index (χ3v) is 6.77. The van der Waals surface area contributed by atoms with E-state index in [0.29, 0.717) is 29.4 Å². The normalized spacial score (nSPS) is 12.2. The Morgan fingerprint density at radius 2 is 1.66 bits per heavy atom. The molecule has 2 aromatic carbocycles. The van der Waals surface area contributed by atoms with Gasteiger partial charge >= 0.3 is 0 Å². The zero-order chi connectivity index (χ0) is 26.2. The Kier molecular flexibility index (Phi) is 10.4. The van der Waals surface area contributed by atoms with Gasteiger partial charge in [-0.25, -0.2) is 8.42 Å². The Labute approximate surface area is 213 Å². The fourth-order valence-electron chi connectivity index (χ4n) is 3.49. The Morgan fingerprint density at radius 3 is 2.14 bits per heavy atom. The molecule has 8 nitrogen and oxygen atoms in total. The third kappa shape index (κ3) is 8.43. The lowest BCUT2D eigenvalue weighted by Gasteiger charge is -2.33. The molecule has 35 heavy (non-hydrogen) atoms. The average Bonchev–Trinajstić information content (AvgIpc) is 2.81. The first-order valence-corrected chi connectivity index (χ1v) is 13.6. The quantitative estimate of drug-likeness (QED) is 0.457. The van der Waals surface area contributed by atoms with E-state index < -0.39 is 28.5 Å². The summed E-state index contributed by atoms with van der Waals surface area (Å²) in [6.07, 6.45) is 1.41. The highest BCUT2D eigenvalue weighted by Gasteiger charge is 2.31. The Balaban J connectivity index is 2.40. The second kappa shape index (κ2) is 12.8. The van der Waals surface area contributed by atoms with Crippen LogP contribution in [0.5, 0.6) is 5.75 Å². The van der Waals surface area contributed by atoms with E-state index in [1.54, 1.807) is 48.5 Å². The number of hydrogen-bond donors (Lipinski definition) is 1. The molecule has 1 N–H and O–H groups in total. The molecule has 2 aromatic rings. The molecule has 0 fully saturated rings. The van der Waals surface area contributed by atoms with E-state index in [2.05, 4.69) is 5.32 Å². The maximum atomic E-state index is 13.6. The lowest BCUT2D eigenvalue weighted by Crippen LogP contribution is -2.52. The number of sulfonamides is 1. The molecule has 0 saturated carbocycles. The zero-order valence-electron chi connectivity index (χ0n) is 20.8. The third-order valence-electron chi connectivity index (χ3n) is 5.38. The standard InChI is InChI=1S/C25H34ClN3O5S/c1-6-23(25(31)27-15-18(2)3)28(16-19-7-9-20(26)10-8-19)24(30)17-29(35(5,32)33)21-11-13-22(34-4)14-12-21/h7-14,18,23H,6,15-17H2,1-5H3,(H,27,31). The number of carbonyl (C=O) groups is 2. The summed E-state index contributed by atoms with van der Waals surface area (Å²) < 4.78 is 31.4. The molecule has 1 atom stereocenters. The van der Waals surface area contributed by atoms with Crippen molar-refractivity contribution >= 4 is 39.1 Å². The molecule has 0 spiro atoms. The van der Waals surface area contributed by atoms with Gasteiger partial charge in [-0.2, -0.15) is 0 Å². The van der Waals surface area contributed by atoms with Gasteiger partial charge in [-0.05, 0) is 54.3 Å². The van der Waals surface area contributed by atoms with Crippen molar-refractivity contribution in [3.05, 3.63) is 59.1 Å². The number of hydrogen-bond acceptors (Lipinski definition) is 5. The molecule has 0 bridgehead atoms. The Bertz CT molecular complexity index is 1090. The van der Waals surface area contributed by atoms with Gasteiger partial charge in [0.25, 0.3) is 0 Å². The summed E-state index contributed by atoms with van der Waals surface area (Å²) in [5.74, 6) is 0.0324. The number of carbonyl (C=O) groups excluding carboxylic acids is 2. The number of ether oxygens (including phenoxy) is 1. The lowest BCUT2D eigenvalue weighted by molar-refractivity contribution is -0.140. The maximum absolute atomic E-state index is 13.6. The fraction of sp³-hybridized carbons (Fsp3) is 0.440. The molecule has 1 unspecified atom stereocenters. The SMILES string of the molecule is CCC(C(=O)NCC(C)C)N(Cc1ccc(Cl)cc1)C(=O)CN(c1ccc(OC)cc1)S(C)(=O)=O. The Morgan fingerprint density at radius 1 is 1.06 bits per heavy atom. The average molecular weight is 524 g/mol. The van der Waals surface area contributed by atoms with Crippen molar-refractivity contribution in [2.45, 2.75) is 39.8 Å². The lowest BCUT2D eigenvalue weighted by atomic mass is 10.1. The molecule has 2 amide bonds. The highest BCUT2D eigenvalue weighted by Crippen LogP contribution is 2.23. The summed E-state index contributed by atoms with van der Waals surface area (Å²) in [5, 5.41) is 3.44. The molecule has 0 aliphatic rings. The van der Waals surface area contributed by atoms with E-state index in [-0.39, 0.29) is 18.4 Å². The molecule has 0 aliphatic heterocycles. The van der Waals surface area contributed by atoms with Gasteiger partial charge in [-0.1, -0.05) is 44.5 Å². The zero-order valence-corrected chi connectivity index (χ0v) is 22.4. The summed E-state index contributed by atoms with van der Waals surface area (Å²) in [7, 11) is -2.28. The van der Waals surface area contributed by atoms with Gasteiger partial charge < -0.3 is 15.0 Å². The van der Waals surface area contributed by atoms with Crippen LogP contribution >= 0.6 is 11.6 Å². The summed E-state index contributed by atoms with van der Waals surface area (Å²) in [6, 6.07) is 12.6. The van der Waals surface area contributed by atoms with Crippen LogP contribution in [0, 0.1) is 5.92 Å². The largest absolute Gasteiger partial charge is 0.497 e. The Hall–Kier alpha value is -2.78. The van der Waals surface area contributed by atoms with E-state index >= 15 is 0 Å². The van der Waals surface area contributed by atoms with Gasteiger partial charge in [0.2, 0.25) is 21.8 Å². The van der Waals surface area contributed by atoms with Crippen molar-refractivity contribution < 1.29 is 22.7 Å².